The van der Waals surface area contributed by atoms with Crippen LogP contribution in [0.4, 0.5) is 0 Å². The Morgan fingerprint density at radius 3 is 2.15 bits per heavy atom. The largest absolute Gasteiger partial charge is 0.207 e. The number of aryl methyl sites for hydroxylation is 2. The highest BCUT2D eigenvalue weighted by atomic mass is 35.6. The summed E-state index contributed by atoms with van der Waals surface area (Å²) in [6, 6.07) is 6.29. The van der Waals surface area contributed by atoms with Crippen molar-refractivity contribution in [3.63, 3.8) is 0 Å². The molecule has 0 aliphatic rings. The summed E-state index contributed by atoms with van der Waals surface area (Å²) in [6.45, 7) is 10.1. The van der Waals surface area contributed by atoms with Gasteiger partial charge in [0.05, 0.1) is 0 Å². The number of benzene rings is 1. The van der Waals surface area contributed by atoms with Crippen molar-refractivity contribution < 1.29 is 0 Å². The van der Waals surface area contributed by atoms with Crippen molar-refractivity contribution in [1.82, 2.24) is 0 Å². The quantitative estimate of drug-likeness (QED) is 0.520. The molecule has 0 spiro atoms. The Morgan fingerprint density at radius 2 is 1.77 bits per heavy atom. The molecule has 0 fully saturated rings. The Hall–Kier alpha value is -0.533. The summed E-state index contributed by atoms with van der Waals surface area (Å²) in [5, 5.41) is 1.31. The van der Waals surface area contributed by atoms with Gasteiger partial charge < -0.3 is 0 Å². The molecule has 0 heterocycles. The van der Waals surface area contributed by atoms with Crippen LogP contribution in [-0.2, 0) is 0 Å². The van der Waals surface area contributed by atoms with Crippen molar-refractivity contribution in [1.29, 1.82) is 0 Å². The van der Waals surface area contributed by atoms with E-state index in [1.807, 2.05) is 5.70 Å². The van der Waals surface area contributed by atoms with Gasteiger partial charge in [0.2, 0.25) is 7.38 Å². The molecule has 1 atom stereocenters. The van der Waals surface area contributed by atoms with Crippen molar-refractivity contribution >= 4 is 23.6 Å². The lowest BCUT2D eigenvalue weighted by Gasteiger charge is -2.20. The molecule has 0 N–H and O–H groups in total. The molecule has 0 bridgehead atoms. The number of hydrogen-bond donors (Lipinski definition) is 0. The predicted octanol–water partition coefficient (Wildman–Crippen LogP) is 3.05. The molecular weight excluding hydrogens is 196 g/mol. The Bertz CT molecular complexity index is 309. The van der Waals surface area contributed by atoms with Crippen LogP contribution in [-0.4, -0.2) is 7.38 Å². The normalized spacial score (nSPS) is 15.1. The molecule has 13 heavy (non-hydrogen) atoms. The highest BCUT2D eigenvalue weighted by Crippen LogP contribution is 2.15. The second-order valence-electron chi connectivity index (χ2n) is 3.55. The van der Waals surface area contributed by atoms with Crippen LogP contribution in [0.2, 0.25) is 6.55 Å². The van der Waals surface area contributed by atoms with Crippen LogP contribution in [0.3, 0.4) is 0 Å². The van der Waals surface area contributed by atoms with E-state index in [4.69, 9.17) is 11.1 Å². The first-order valence-electron chi connectivity index (χ1n) is 4.38. The molecule has 1 aromatic carbocycles. The first kappa shape index (κ1) is 10.5. The average Bonchev–Trinajstić information content (AvgIpc) is 2.03. The summed E-state index contributed by atoms with van der Waals surface area (Å²) < 4.78 is 0. The van der Waals surface area contributed by atoms with E-state index < -0.39 is 7.38 Å². The summed E-state index contributed by atoms with van der Waals surface area (Å²) >= 11 is 6.48. The van der Waals surface area contributed by atoms with Gasteiger partial charge in [-0.2, -0.15) is 11.1 Å². The zero-order valence-electron chi connectivity index (χ0n) is 8.39. The minimum Gasteiger partial charge on any atom is -0.156 e. The third-order valence-corrected chi connectivity index (χ3v) is 5.92. The highest BCUT2D eigenvalue weighted by molar-refractivity contribution is 7.29. The fourth-order valence-corrected chi connectivity index (χ4v) is 4.49. The second kappa shape index (κ2) is 3.68. The van der Waals surface area contributed by atoms with E-state index in [0.29, 0.717) is 0 Å². The van der Waals surface area contributed by atoms with Crippen molar-refractivity contribution in [2.45, 2.75) is 20.4 Å². The lowest BCUT2D eigenvalue weighted by molar-refractivity contribution is 1.42. The summed E-state index contributed by atoms with van der Waals surface area (Å²) in [6.07, 6.45) is 0. The van der Waals surface area contributed by atoms with Gasteiger partial charge in [0.1, 0.15) is 0 Å². The molecule has 0 amide bonds. The van der Waals surface area contributed by atoms with E-state index in [-0.39, 0.29) is 0 Å². The lowest BCUT2D eigenvalue weighted by Crippen LogP contribution is -2.40. The summed E-state index contributed by atoms with van der Waals surface area (Å²) in [4.78, 5) is 0. The maximum absolute atomic E-state index is 6.48. The van der Waals surface area contributed by atoms with Crippen LogP contribution in [0.5, 0.6) is 0 Å². The minimum absolute atomic E-state index is 1.28. The van der Waals surface area contributed by atoms with Crippen LogP contribution in [0, 0.1) is 13.8 Å². The van der Waals surface area contributed by atoms with Crippen LogP contribution in [0.25, 0.3) is 0 Å². The number of halogens is 1. The molecule has 0 aromatic heterocycles. The molecule has 0 aliphatic heterocycles. The molecule has 1 aromatic rings. The fourth-order valence-electron chi connectivity index (χ4n) is 1.69. The second-order valence-corrected chi connectivity index (χ2v) is 8.96. The minimum atomic E-state index is -1.91. The van der Waals surface area contributed by atoms with Crippen LogP contribution in [0.1, 0.15) is 11.1 Å². The summed E-state index contributed by atoms with van der Waals surface area (Å²) in [5.74, 6) is 0. The number of rotatable bonds is 2. The van der Waals surface area contributed by atoms with E-state index in [9.17, 15) is 0 Å². The van der Waals surface area contributed by atoms with E-state index in [1.54, 1.807) is 0 Å². The summed E-state index contributed by atoms with van der Waals surface area (Å²) in [7, 11) is -1.91. The molecule has 0 saturated heterocycles. The first-order chi connectivity index (χ1) is 5.99. The van der Waals surface area contributed by atoms with E-state index >= 15 is 0 Å². The van der Waals surface area contributed by atoms with Crippen LogP contribution < -0.4 is 5.19 Å². The van der Waals surface area contributed by atoms with Crippen molar-refractivity contribution in [3.05, 3.63) is 41.6 Å². The Labute approximate surface area is 86.0 Å². The molecule has 1 unspecified atom stereocenters. The van der Waals surface area contributed by atoms with Gasteiger partial charge in [0, 0.05) is 0 Å². The van der Waals surface area contributed by atoms with Gasteiger partial charge in [0.15, 0.2) is 0 Å². The van der Waals surface area contributed by atoms with Crippen molar-refractivity contribution in [2.24, 2.45) is 0 Å². The van der Waals surface area contributed by atoms with Gasteiger partial charge in [0.25, 0.3) is 0 Å². The molecule has 0 radical (unpaired) electrons. The zero-order chi connectivity index (χ0) is 10.1. The van der Waals surface area contributed by atoms with E-state index in [0.717, 1.165) is 0 Å². The maximum Gasteiger partial charge on any atom is 0.207 e. The molecular formula is C11H15ClSi. The van der Waals surface area contributed by atoms with Gasteiger partial charge in [-0.05, 0) is 25.6 Å². The van der Waals surface area contributed by atoms with Crippen LogP contribution >= 0.6 is 11.1 Å². The van der Waals surface area contributed by atoms with Gasteiger partial charge >= 0.3 is 0 Å². The monoisotopic (exact) mass is 210 g/mol. The van der Waals surface area contributed by atoms with Gasteiger partial charge in [-0.3, -0.25) is 0 Å². The smallest absolute Gasteiger partial charge is 0.156 e. The Kier molecular flexibility index (Phi) is 2.99. The van der Waals surface area contributed by atoms with E-state index in [1.165, 1.54) is 16.3 Å². The topological polar surface area (TPSA) is 0 Å². The Morgan fingerprint density at radius 1 is 1.31 bits per heavy atom. The zero-order valence-corrected chi connectivity index (χ0v) is 10.2. The maximum atomic E-state index is 6.48. The predicted molar refractivity (Wildman–Crippen MR) is 63.2 cm³/mol. The van der Waals surface area contributed by atoms with Crippen molar-refractivity contribution in [3.8, 4) is 0 Å². The third-order valence-electron chi connectivity index (χ3n) is 2.35. The first-order valence-corrected chi connectivity index (χ1v) is 7.97. The van der Waals surface area contributed by atoms with E-state index in [2.05, 4.69) is 45.2 Å². The molecule has 1 rings (SSSR count). The van der Waals surface area contributed by atoms with Gasteiger partial charge in [-0.25, -0.2) is 0 Å². The molecule has 2 heteroatoms. The lowest BCUT2D eigenvalue weighted by atomic mass is 10.2. The highest BCUT2D eigenvalue weighted by Gasteiger charge is 2.26. The Balaban J connectivity index is 3.36. The summed E-state index contributed by atoms with van der Waals surface area (Å²) in [5.41, 5.74) is 4.48. The van der Waals surface area contributed by atoms with Crippen molar-refractivity contribution in [2.75, 3.05) is 0 Å². The molecule has 0 saturated carbocycles. The van der Waals surface area contributed by atoms with Crippen LogP contribution in [0.15, 0.2) is 30.5 Å². The average molecular weight is 211 g/mol. The van der Waals surface area contributed by atoms with Gasteiger partial charge in [-0.15, -0.1) is 6.58 Å². The molecule has 70 valence electrons. The molecule has 0 nitrogen and oxygen atoms in total. The molecule has 0 aliphatic carbocycles. The number of hydrogen-bond acceptors (Lipinski definition) is 0. The van der Waals surface area contributed by atoms with Gasteiger partial charge in [-0.1, -0.05) is 35.0 Å². The third kappa shape index (κ3) is 2.04. The standard InChI is InChI=1S/C11H15ClSi/c1-5-13(4,12)11-9(2)7-6-8-10(11)3/h5-8H,1H2,2-4H3. The fraction of sp³-hybridized carbons (Fsp3) is 0.273. The SMILES string of the molecule is C=C[Si](C)(Cl)c1c(C)cccc1C.